The Morgan fingerprint density at radius 3 is 2.48 bits per heavy atom. The lowest BCUT2D eigenvalue weighted by atomic mass is 9.98. The number of aryl methyl sites for hydroxylation is 1. The summed E-state index contributed by atoms with van der Waals surface area (Å²) < 4.78 is 0. The van der Waals surface area contributed by atoms with Gasteiger partial charge in [-0.2, -0.15) is 5.10 Å². The molecule has 144 valence electrons. The first kappa shape index (κ1) is 20.5. The topological polar surface area (TPSA) is 41.6 Å². The van der Waals surface area contributed by atoms with Crippen LogP contribution in [0.25, 0.3) is 0 Å². The van der Waals surface area contributed by atoms with Gasteiger partial charge in [0.05, 0.1) is 22.5 Å². The Labute approximate surface area is 176 Å². The van der Waals surface area contributed by atoms with Crippen LogP contribution in [0, 0.1) is 0 Å². The molecule has 1 atom stereocenters. The van der Waals surface area contributed by atoms with Crippen LogP contribution in [-0.4, -0.2) is 18.1 Å². The van der Waals surface area contributed by atoms with Crippen molar-refractivity contribution in [2.24, 2.45) is 10.8 Å². The molecule has 0 bridgehead atoms. The molecule has 0 amide bonds. The molecule has 0 spiro atoms. The minimum absolute atomic E-state index is 0.0903. The zero-order chi connectivity index (χ0) is 19.2. The molecule has 0 saturated heterocycles. The van der Waals surface area contributed by atoms with E-state index in [0.29, 0.717) is 16.6 Å². The van der Waals surface area contributed by atoms with Crippen molar-refractivity contribution < 1.29 is 0 Å². The van der Waals surface area contributed by atoms with Gasteiger partial charge in [-0.15, -0.1) is 11.6 Å². The Hall–Kier alpha value is -1.26. The van der Waals surface area contributed by atoms with Crippen LogP contribution in [0.15, 0.2) is 47.6 Å². The summed E-state index contributed by atoms with van der Waals surface area (Å²) in [6.45, 7) is 0.441. The van der Waals surface area contributed by atoms with Crippen LogP contribution in [-0.2, 0) is 6.42 Å². The zero-order valence-corrected chi connectivity index (χ0v) is 17.4. The predicted octanol–water partition coefficient (Wildman–Crippen LogP) is 6.21. The molecule has 0 saturated carbocycles. The monoisotopic (exact) mass is 423 g/mol. The van der Waals surface area contributed by atoms with Gasteiger partial charge < -0.3 is 5.73 Å². The SMILES string of the molecule is NCC1=NN(c2ccc(Cl)cc2Cl)C(c2ccc(CCCCCCl)cc2)C1. The van der Waals surface area contributed by atoms with Crippen molar-refractivity contribution in [2.75, 3.05) is 17.4 Å². The summed E-state index contributed by atoms with van der Waals surface area (Å²) in [6, 6.07) is 14.4. The Morgan fingerprint density at radius 2 is 1.81 bits per heavy atom. The normalized spacial score (nSPS) is 16.7. The van der Waals surface area contributed by atoms with E-state index in [0.717, 1.165) is 36.5 Å². The van der Waals surface area contributed by atoms with Crippen LogP contribution in [0.4, 0.5) is 5.69 Å². The molecule has 0 radical (unpaired) electrons. The van der Waals surface area contributed by atoms with E-state index in [4.69, 9.17) is 45.6 Å². The maximum absolute atomic E-state index is 6.43. The van der Waals surface area contributed by atoms with Gasteiger partial charge >= 0.3 is 0 Å². The summed E-state index contributed by atoms with van der Waals surface area (Å²) in [7, 11) is 0. The third kappa shape index (κ3) is 5.17. The number of anilines is 1. The second-order valence-electron chi connectivity index (χ2n) is 6.77. The minimum Gasteiger partial charge on any atom is -0.325 e. The van der Waals surface area contributed by atoms with Crippen molar-refractivity contribution in [3.05, 3.63) is 63.6 Å². The fourth-order valence-electron chi connectivity index (χ4n) is 3.35. The Bertz CT molecular complexity index is 790. The average Bonchev–Trinajstić information content (AvgIpc) is 3.10. The van der Waals surface area contributed by atoms with E-state index in [-0.39, 0.29) is 6.04 Å². The van der Waals surface area contributed by atoms with Gasteiger partial charge in [-0.25, -0.2) is 0 Å². The van der Waals surface area contributed by atoms with Crippen molar-refractivity contribution in [3.8, 4) is 0 Å². The zero-order valence-electron chi connectivity index (χ0n) is 15.2. The second-order valence-corrected chi connectivity index (χ2v) is 7.99. The van der Waals surface area contributed by atoms with Gasteiger partial charge in [0.15, 0.2) is 0 Å². The molecular formula is C21H24Cl3N3. The van der Waals surface area contributed by atoms with E-state index in [1.165, 1.54) is 24.0 Å². The van der Waals surface area contributed by atoms with Crippen LogP contribution < -0.4 is 10.7 Å². The first-order chi connectivity index (χ1) is 13.1. The van der Waals surface area contributed by atoms with Gasteiger partial charge in [-0.1, -0.05) is 53.9 Å². The largest absolute Gasteiger partial charge is 0.325 e. The number of benzene rings is 2. The molecule has 1 heterocycles. The molecule has 0 fully saturated rings. The minimum atomic E-state index is 0.0903. The lowest BCUT2D eigenvalue weighted by molar-refractivity contribution is 0.704. The third-order valence-corrected chi connectivity index (χ3v) is 5.63. The maximum atomic E-state index is 6.43. The summed E-state index contributed by atoms with van der Waals surface area (Å²) in [4.78, 5) is 0. The standard InChI is InChI=1S/C21H24Cl3N3/c22-11-3-1-2-4-15-5-7-16(8-6-15)21-13-18(14-25)26-27(21)20-10-9-17(23)12-19(20)24/h5-10,12,21H,1-4,11,13-14,25H2. The summed E-state index contributed by atoms with van der Waals surface area (Å²) in [5, 5.41) is 7.87. The van der Waals surface area contributed by atoms with Crippen LogP contribution in [0.2, 0.25) is 10.0 Å². The second kappa shape index (κ2) is 9.79. The highest BCUT2D eigenvalue weighted by molar-refractivity contribution is 6.36. The van der Waals surface area contributed by atoms with E-state index < -0.39 is 0 Å². The molecule has 1 aliphatic rings. The van der Waals surface area contributed by atoms with Gasteiger partial charge in [-0.05, 0) is 48.6 Å². The van der Waals surface area contributed by atoms with Crippen molar-refractivity contribution in [3.63, 3.8) is 0 Å². The van der Waals surface area contributed by atoms with E-state index >= 15 is 0 Å². The number of halogens is 3. The maximum Gasteiger partial charge on any atom is 0.0829 e. The molecule has 0 aliphatic carbocycles. The molecule has 1 aliphatic heterocycles. The summed E-state index contributed by atoms with van der Waals surface area (Å²) in [6.07, 6.45) is 5.30. The first-order valence-electron chi connectivity index (χ1n) is 9.28. The van der Waals surface area contributed by atoms with Gasteiger partial charge in [0.25, 0.3) is 0 Å². The predicted molar refractivity (Wildman–Crippen MR) is 118 cm³/mol. The number of hydrogen-bond acceptors (Lipinski definition) is 3. The molecule has 3 rings (SSSR count). The fourth-order valence-corrected chi connectivity index (χ4v) is 4.04. The molecule has 2 N–H and O–H groups in total. The van der Waals surface area contributed by atoms with Crippen molar-refractivity contribution in [2.45, 2.75) is 38.1 Å². The highest BCUT2D eigenvalue weighted by Crippen LogP contribution is 2.39. The quantitative estimate of drug-likeness (QED) is 0.404. The number of hydrogen-bond donors (Lipinski definition) is 1. The lowest BCUT2D eigenvalue weighted by Gasteiger charge is -2.25. The summed E-state index contributed by atoms with van der Waals surface area (Å²) in [5.74, 6) is 0.743. The molecule has 0 aromatic heterocycles. The molecule has 27 heavy (non-hydrogen) atoms. The van der Waals surface area contributed by atoms with Crippen molar-refractivity contribution >= 4 is 46.2 Å². The third-order valence-electron chi connectivity index (χ3n) is 4.83. The van der Waals surface area contributed by atoms with Crippen molar-refractivity contribution in [1.29, 1.82) is 0 Å². The van der Waals surface area contributed by atoms with E-state index in [1.54, 1.807) is 6.07 Å². The number of alkyl halides is 1. The first-order valence-corrected chi connectivity index (χ1v) is 10.6. The number of nitrogens with zero attached hydrogens (tertiary/aromatic N) is 2. The number of hydrazone groups is 1. The molecule has 1 unspecified atom stereocenters. The lowest BCUT2D eigenvalue weighted by Crippen LogP contribution is -2.19. The number of unbranched alkanes of at least 4 members (excludes halogenated alkanes) is 2. The van der Waals surface area contributed by atoms with E-state index in [9.17, 15) is 0 Å². The number of rotatable bonds is 8. The van der Waals surface area contributed by atoms with Gasteiger partial charge in [0, 0.05) is 23.9 Å². The Morgan fingerprint density at radius 1 is 1.04 bits per heavy atom. The van der Waals surface area contributed by atoms with E-state index in [2.05, 4.69) is 24.3 Å². The molecule has 2 aromatic carbocycles. The van der Waals surface area contributed by atoms with Gasteiger partial charge in [0.1, 0.15) is 0 Å². The molecule has 3 nitrogen and oxygen atoms in total. The van der Waals surface area contributed by atoms with Crippen LogP contribution in [0.5, 0.6) is 0 Å². The smallest absolute Gasteiger partial charge is 0.0829 e. The van der Waals surface area contributed by atoms with E-state index in [1.807, 2.05) is 17.1 Å². The highest BCUT2D eigenvalue weighted by Gasteiger charge is 2.29. The van der Waals surface area contributed by atoms with Crippen molar-refractivity contribution in [1.82, 2.24) is 0 Å². The highest BCUT2D eigenvalue weighted by atomic mass is 35.5. The summed E-state index contributed by atoms with van der Waals surface area (Å²) >= 11 is 18.2. The summed E-state index contributed by atoms with van der Waals surface area (Å²) in [5.41, 5.74) is 10.2. The number of nitrogens with two attached hydrogens (primary N) is 1. The Balaban J connectivity index is 1.77. The molecule has 2 aromatic rings. The van der Waals surface area contributed by atoms with Crippen LogP contribution >= 0.6 is 34.8 Å². The average molecular weight is 425 g/mol. The van der Waals surface area contributed by atoms with Crippen LogP contribution in [0.1, 0.15) is 42.9 Å². The van der Waals surface area contributed by atoms with Crippen LogP contribution in [0.3, 0.4) is 0 Å². The molecular weight excluding hydrogens is 401 g/mol. The molecule has 6 heteroatoms. The fraction of sp³-hybridized carbons (Fsp3) is 0.381. The van der Waals surface area contributed by atoms with Gasteiger partial charge in [-0.3, -0.25) is 5.01 Å². The Kier molecular flexibility index (Phi) is 7.42. The van der Waals surface area contributed by atoms with Gasteiger partial charge in [0.2, 0.25) is 0 Å².